The van der Waals surface area contributed by atoms with Gasteiger partial charge in [0.2, 0.25) is 0 Å². The maximum Gasteiger partial charge on any atom is 0.337 e. The molecule has 0 amide bonds. The molecule has 116 valence electrons. The van der Waals surface area contributed by atoms with E-state index >= 15 is 0 Å². The highest BCUT2D eigenvalue weighted by atomic mass is 32.2. The Morgan fingerprint density at radius 2 is 2.00 bits per heavy atom. The van der Waals surface area contributed by atoms with Crippen LogP contribution in [0, 0.1) is 5.92 Å². The van der Waals surface area contributed by atoms with Gasteiger partial charge in [0, 0.05) is 18.8 Å². The first-order chi connectivity index (χ1) is 9.79. The number of nitrogens with two attached hydrogens (primary N) is 1. The average molecular weight is 313 g/mol. The van der Waals surface area contributed by atoms with E-state index in [-0.39, 0.29) is 11.3 Å². The number of aromatic carboxylic acids is 1. The number of nitrogens with one attached hydrogen (secondary N) is 1. The van der Waals surface area contributed by atoms with Gasteiger partial charge in [0.25, 0.3) is 0 Å². The van der Waals surface area contributed by atoms with Gasteiger partial charge in [-0.25, -0.2) is 4.79 Å². The highest BCUT2D eigenvalue weighted by molar-refractivity contribution is 7.90. The first-order valence-corrected chi connectivity index (χ1v) is 8.14. The van der Waals surface area contributed by atoms with Gasteiger partial charge in [0.15, 0.2) is 0 Å². The molecule has 21 heavy (non-hydrogen) atoms. The molecule has 0 aliphatic carbocycles. The molecular formula is C13H19N3O4S. The molecule has 8 heteroatoms. The Balaban J connectivity index is 2.24. The van der Waals surface area contributed by atoms with E-state index in [0.29, 0.717) is 24.7 Å². The topological polar surface area (TPSA) is 113 Å². The molecule has 0 spiro atoms. The van der Waals surface area contributed by atoms with Crippen LogP contribution >= 0.6 is 0 Å². The van der Waals surface area contributed by atoms with Crippen molar-refractivity contribution in [2.24, 2.45) is 5.92 Å². The van der Waals surface area contributed by atoms with Crippen molar-refractivity contribution in [1.82, 2.24) is 4.31 Å². The van der Waals surface area contributed by atoms with E-state index in [1.165, 1.54) is 22.5 Å². The van der Waals surface area contributed by atoms with Gasteiger partial charge in [-0.05, 0) is 37.0 Å². The van der Waals surface area contributed by atoms with E-state index in [9.17, 15) is 13.2 Å². The van der Waals surface area contributed by atoms with Crippen LogP contribution in [0.25, 0.3) is 0 Å². The first kappa shape index (κ1) is 15.6. The second-order valence-electron chi connectivity index (χ2n) is 5.30. The minimum atomic E-state index is -3.77. The number of hydrogen-bond donors (Lipinski definition) is 3. The molecule has 0 aromatic heterocycles. The van der Waals surface area contributed by atoms with Crippen LogP contribution in [0.1, 0.15) is 30.1 Å². The number of carboxylic acid groups (broad SMARTS) is 1. The molecule has 4 N–H and O–H groups in total. The Morgan fingerprint density at radius 1 is 1.38 bits per heavy atom. The Morgan fingerprint density at radius 3 is 2.57 bits per heavy atom. The third-order valence-electron chi connectivity index (χ3n) is 3.60. The maximum atomic E-state index is 12.3. The van der Waals surface area contributed by atoms with Gasteiger partial charge in [-0.15, -0.1) is 0 Å². The smallest absolute Gasteiger partial charge is 0.337 e. The van der Waals surface area contributed by atoms with Gasteiger partial charge >= 0.3 is 16.2 Å². The van der Waals surface area contributed by atoms with E-state index in [4.69, 9.17) is 10.8 Å². The standard InChI is InChI=1S/C13H19N3O4S/c1-9-4-6-16(7-5-9)21(19,20)15-12-8-10(14)2-3-11(12)13(17)18/h2-3,8-9,15H,4-7,14H2,1H3,(H,17,18). The van der Waals surface area contributed by atoms with E-state index in [1.807, 2.05) is 0 Å². The Hall–Kier alpha value is -1.80. The number of nitrogen functional groups attached to an aromatic ring is 1. The summed E-state index contributed by atoms with van der Waals surface area (Å²) in [5, 5.41) is 9.11. The van der Waals surface area contributed by atoms with Crippen molar-refractivity contribution in [2.45, 2.75) is 19.8 Å². The molecule has 0 atom stereocenters. The first-order valence-electron chi connectivity index (χ1n) is 6.70. The Labute approximate surface area is 123 Å². The Kier molecular flexibility index (Phi) is 4.38. The normalized spacial score (nSPS) is 17.6. The van der Waals surface area contributed by atoms with Crippen LogP contribution in [0.15, 0.2) is 18.2 Å². The second kappa shape index (κ2) is 5.90. The van der Waals surface area contributed by atoms with Crippen LogP contribution in [0.2, 0.25) is 0 Å². The lowest BCUT2D eigenvalue weighted by molar-refractivity contribution is 0.0698. The van der Waals surface area contributed by atoms with Crippen molar-refractivity contribution in [3.63, 3.8) is 0 Å². The lowest BCUT2D eigenvalue weighted by atomic mass is 10.0. The summed E-state index contributed by atoms with van der Waals surface area (Å²) in [6, 6.07) is 4.02. The molecular weight excluding hydrogens is 294 g/mol. The lowest BCUT2D eigenvalue weighted by Crippen LogP contribution is -2.41. The molecule has 1 aromatic rings. The lowest BCUT2D eigenvalue weighted by Gasteiger charge is -2.29. The van der Waals surface area contributed by atoms with Gasteiger partial charge < -0.3 is 10.8 Å². The van der Waals surface area contributed by atoms with Gasteiger partial charge in [-0.3, -0.25) is 4.72 Å². The zero-order chi connectivity index (χ0) is 15.6. The summed E-state index contributed by atoms with van der Waals surface area (Å²) in [6.45, 7) is 2.94. The minimum absolute atomic E-state index is 0.0129. The molecule has 2 rings (SSSR count). The van der Waals surface area contributed by atoms with Crippen LogP contribution in [0.3, 0.4) is 0 Å². The monoisotopic (exact) mass is 313 g/mol. The van der Waals surface area contributed by atoms with Crippen molar-refractivity contribution in [3.05, 3.63) is 23.8 Å². The molecule has 1 aliphatic rings. The van der Waals surface area contributed by atoms with Crippen LogP contribution < -0.4 is 10.5 Å². The van der Waals surface area contributed by atoms with Crippen molar-refractivity contribution < 1.29 is 18.3 Å². The predicted octanol–water partition coefficient (Wildman–Crippen LogP) is 1.36. The second-order valence-corrected chi connectivity index (χ2v) is 6.97. The third-order valence-corrected chi connectivity index (χ3v) is 5.12. The largest absolute Gasteiger partial charge is 0.478 e. The summed E-state index contributed by atoms with van der Waals surface area (Å²) < 4.78 is 28.3. The number of piperidine rings is 1. The molecule has 7 nitrogen and oxygen atoms in total. The number of carbonyl (C=O) groups is 1. The summed E-state index contributed by atoms with van der Waals surface area (Å²) in [5.74, 6) is -0.710. The predicted molar refractivity (Wildman–Crippen MR) is 80.3 cm³/mol. The molecule has 1 aliphatic heterocycles. The third kappa shape index (κ3) is 3.64. The maximum absolute atomic E-state index is 12.3. The van der Waals surface area contributed by atoms with Gasteiger partial charge in [0.05, 0.1) is 11.3 Å². The van der Waals surface area contributed by atoms with Crippen molar-refractivity contribution in [1.29, 1.82) is 0 Å². The fraction of sp³-hybridized carbons (Fsp3) is 0.462. The fourth-order valence-corrected chi connectivity index (χ4v) is 3.53. The van der Waals surface area contributed by atoms with E-state index in [2.05, 4.69) is 11.6 Å². The molecule has 1 heterocycles. The van der Waals surface area contributed by atoms with E-state index in [1.54, 1.807) is 0 Å². The number of hydrogen-bond acceptors (Lipinski definition) is 4. The molecule has 0 saturated carbocycles. The summed E-state index contributed by atoms with van der Waals surface area (Å²) in [4.78, 5) is 11.1. The molecule has 0 unspecified atom stereocenters. The Bertz CT molecular complexity index is 637. The van der Waals surface area contributed by atoms with Gasteiger partial charge in [0.1, 0.15) is 0 Å². The number of nitrogens with zero attached hydrogens (tertiary/aromatic N) is 1. The van der Waals surface area contributed by atoms with Gasteiger partial charge in [-0.2, -0.15) is 12.7 Å². The summed E-state index contributed by atoms with van der Waals surface area (Å²) in [7, 11) is -3.77. The number of carboxylic acids is 1. The number of rotatable bonds is 4. The van der Waals surface area contributed by atoms with Crippen molar-refractivity contribution >= 4 is 27.6 Å². The molecule has 1 saturated heterocycles. The highest BCUT2D eigenvalue weighted by Gasteiger charge is 2.27. The van der Waals surface area contributed by atoms with Crippen molar-refractivity contribution in [3.8, 4) is 0 Å². The number of anilines is 2. The van der Waals surface area contributed by atoms with Gasteiger partial charge in [-0.1, -0.05) is 6.92 Å². The molecule has 0 bridgehead atoms. The van der Waals surface area contributed by atoms with Crippen LogP contribution in [-0.2, 0) is 10.2 Å². The fourth-order valence-electron chi connectivity index (χ4n) is 2.26. The van der Waals surface area contributed by atoms with Crippen LogP contribution in [-0.4, -0.2) is 36.9 Å². The van der Waals surface area contributed by atoms with Crippen molar-refractivity contribution in [2.75, 3.05) is 23.5 Å². The summed E-state index contributed by atoms with van der Waals surface area (Å²) in [5.41, 5.74) is 5.76. The zero-order valence-corrected chi connectivity index (χ0v) is 12.6. The highest BCUT2D eigenvalue weighted by Crippen LogP contribution is 2.24. The zero-order valence-electron chi connectivity index (χ0n) is 11.7. The van der Waals surface area contributed by atoms with E-state index in [0.717, 1.165) is 12.8 Å². The molecule has 1 fully saturated rings. The average Bonchev–Trinajstić information content (AvgIpc) is 2.38. The summed E-state index contributed by atoms with van der Waals surface area (Å²) in [6.07, 6.45) is 1.59. The van der Waals surface area contributed by atoms with E-state index < -0.39 is 16.2 Å². The number of benzene rings is 1. The molecule has 1 aromatic carbocycles. The van der Waals surface area contributed by atoms with Crippen LogP contribution in [0.5, 0.6) is 0 Å². The minimum Gasteiger partial charge on any atom is -0.478 e. The van der Waals surface area contributed by atoms with Crippen LogP contribution in [0.4, 0.5) is 11.4 Å². The summed E-state index contributed by atoms with van der Waals surface area (Å²) >= 11 is 0. The quantitative estimate of drug-likeness (QED) is 0.726. The SMILES string of the molecule is CC1CCN(S(=O)(=O)Nc2cc(N)ccc2C(=O)O)CC1. The molecule has 0 radical (unpaired) electrons.